The van der Waals surface area contributed by atoms with Gasteiger partial charge in [-0.25, -0.2) is 9.18 Å². The van der Waals surface area contributed by atoms with Gasteiger partial charge in [-0.1, -0.05) is 26.0 Å². The fraction of sp³-hybridized carbons (Fsp3) is 0.375. The summed E-state index contributed by atoms with van der Waals surface area (Å²) in [6.45, 7) is 6.72. The Hall–Kier alpha value is -2.17. The molecule has 4 nitrogen and oxygen atoms in total. The Morgan fingerprint density at radius 1 is 1.10 bits per heavy atom. The molecule has 1 rings (SSSR count). The molecule has 0 saturated carbocycles. The van der Waals surface area contributed by atoms with E-state index in [4.69, 9.17) is 5.11 Å². The second kappa shape index (κ2) is 7.02. The molecule has 0 saturated heterocycles. The predicted octanol–water partition coefficient (Wildman–Crippen LogP) is 3.06. The zero-order chi connectivity index (χ0) is 16.2. The summed E-state index contributed by atoms with van der Waals surface area (Å²) in [5.41, 5.74) is 0.949. The average molecular weight is 293 g/mol. The lowest BCUT2D eigenvalue weighted by molar-refractivity contribution is -0.133. The number of nitrogens with one attached hydrogen (secondary N) is 1. The minimum Gasteiger partial charge on any atom is -0.478 e. The van der Waals surface area contributed by atoms with Crippen LogP contribution in [0.2, 0.25) is 0 Å². The number of carboxylic acid groups (broad SMARTS) is 1. The van der Waals surface area contributed by atoms with Crippen LogP contribution in [-0.2, 0) is 9.59 Å². The van der Waals surface area contributed by atoms with Gasteiger partial charge in [-0.2, -0.15) is 0 Å². The van der Waals surface area contributed by atoms with Crippen LogP contribution in [0, 0.1) is 11.7 Å². The van der Waals surface area contributed by atoms with Gasteiger partial charge in [0.05, 0.1) is 6.04 Å². The van der Waals surface area contributed by atoms with Crippen molar-refractivity contribution in [2.24, 2.45) is 5.92 Å². The van der Waals surface area contributed by atoms with Crippen LogP contribution >= 0.6 is 0 Å². The third kappa shape index (κ3) is 4.41. The summed E-state index contributed by atoms with van der Waals surface area (Å²) in [7, 11) is 0. The second-order valence-corrected chi connectivity index (χ2v) is 5.30. The van der Waals surface area contributed by atoms with Crippen LogP contribution in [0.15, 0.2) is 35.4 Å². The van der Waals surface area contributed by atoms with Gasteiger partial charge in [-0.3, -0.25) is 4.79 Å². The van der Waals surface area contributed by atoms with Crippen LogP contribution in [0.25, 0.3) is 0 Å². The molecule has 0 bridgehead atoms. The highest BCUT2D eigenvalue weighted by Crippen LogP contribution is 2.22. The van der Waals surface area contributed by atoms with Crippen LogP contribution in [-0.4, -0.2) is 17.0 Å². The lowest BCUT2D eigenvalue weighted by Gasteiger charge is -2.23. The summed E-state index contributed by atoms with van der Waals surface area (Å²) in [5, 5.41) is 11.7. The van der Waals surface area contributed by atoms with Crippen molar-refractivity contribution < 1.29 is 19.1 Å². The van der Waals surface area contributed by atoms with Gasteiger partial charge in [0.1, 0.15) is 5.82 Å². The first-order valence-corrected chi connectivity index (χ1v) is 6.71. The van der Waals surface area contributed by atoms with Crippen molar-refractivity contribution in [2.75, 3.05) is 0 Å². The maximum absolute atomic E-state index is 13.0. The second-order valence-electron chi connectivity index (χ2n) is 5.30. The van der Waals surface area contributed by atoms with Crippen LogP contribution < -0.4 is 5.32 Å². The van der Waals surface area contributed by atoms with E-state index in [0.29, 0.717) is 0 Å². The molecule has 0 aliphatic heterocycles. The molecule has 5 heteroatoms. The molecule has 1 aromatic carbocycles. The number of carbonyl (C=O) groups excluding carboxylic acids is 1. The van der Waals surface area contributed by atoms with Gasteiger partial charge >= 0.3 is 5.97 Å². The highest BCUT2D eigenvalue weighted by molar-refractivity contribution is 6.01. The van der Waals surface area contributed by atoms with Crippen LogP contribution in [0.3, 0.4) is 0 Å². The Morgan fingerprint density at radius 3 is 2.05 bits per heavy atom. The van der Waals surface area contributed by atoms with E-state index in [-0.39, 0.29) is 28.9 Å². The number of carboxylic acids is 1. The van der Waals surface area contributed by atoms with Gasteiger partial charge in [0.2, 0.25) is 5.91 Å². The van der Waals surface area contributed by atoms with Crippen molar-refractivity contribution in [2.45, 2.75) is 33.7 Å². The Bertz CT molecular complexity index is 561. The van der Waals surface area contributed by atoms with E-state index >= 15 is 0 Å². The Morgan fingerprint density at radius 2 is 1.62 bits per heavy atom. The molecular formula is C16H20FNO3. The number of aliphatic carboxylic acids is 1. The van der Waals surface area contributed by atoms with Crippen molar-refractivity contribution in [1.29, 1.82) is 0 Å². The van der Waals surface area contributed by atoms with Crippen LogP contribution in [0.1, 0.15) is 39.3 Å². The lowest BCUT2D eigenvalue weighted by atomic mass is 9.95. The summed E-state index contributed by atoms with van der Waals surface area (Å²) in [5.74, 6) is -1.81. The highest BCUT2D eigenvalue weighted by atomic mass is 19.1. The molecule has 0 aromatic heterocycles. The third-order valence-electron chi connectivity index (χ3n) is 3.41. The summed E-state index contributed by atoms with van der Waals surface area (Å²) < 4.78 is 13.0. The summed E-state index contributed by atoms with van der Waals surface area (Å²) in [6.07, 6.45) is 0. The number of hydrogen-bond donors (Lipinski definition) is 2. The van der Waals surface area contributed by atoms with E-state index < -0.39 is 11.9 Å². The zero-order valence-corrected chi connectivity index (χ0v) is 12.6. The number of hydrogen-bond acceptors (Lipinski definition) is 2. The molecule has 114 valence electrons. The topological polar surface area (TPSA) is 66.4 Å². The SMILES string of the molecule is CC(C(=O)O)=C(C)C(=O)NC(c1ccc(F)cc1)C(C)C. The molecule has 1 amide bonds. The van der Waals surface area contributed by atoms with Crippen molar-refractivity contribution in [1.82, 2.24) is 5.32 Å². The van der Waals surface area contributed by atoms with Crippen LogP contribution in [0.5, 0.6) is 0 Å². The first-order chi connectivity index (χ1) is 9.73. The van der Waals surface area contributed by atoms with Crippen molar-refractivity contribution >= 4 is 11.9 Å². The summed E-state index contributed by atoms with van der Waals surface area (Å²) in [6, 6.07) is 5.59. The predicted molar refractivity (Wildman–Crippen MR) is 78.1 cm³/mol. The minimum atomic E-state index is -1.12. The van der Waals surface area contributed by atoms with Gasteiger partial charge in [0.15, 0.2) is 0 Å². The van der Waals surface area contributed by atoms with E-state index in [1.807, 2.05) is 13.8 Å². The first kappa shape index (κ1) is 16.9. The highest BCUT2D eigenvalue weighted by Gasteiger charge is 2.21. The third-order valence-corrected chi connectivity index (χ3v) is 3.41. The van der Waals surface area contributed by atoms with Crippen molar-refractivity contribution in [3.05, 3.63) is 46.8 Å². The standard InChI is InChI=1S/C16H20FNO3/c1-9(2)14(12-5-7-13(17)8-6-12)18-15(19)10(3)11(4)16(20)21/h5-9,14H,1-4H3,(H,18,19)(H,20,21). The van der Waals surface area contributed by atoms with Crippen molar-refractivity contribution in [3.8, 4) is 0 Å². The summed E-state index contributed by atoms with van der Waals surface area (Å²) in [4.78, 5) is 23.0. The number of halogens is 1. The molecule has 1 aromatic rings. The van der Waals surface area contributed by atoms with E-state index in [9.17, 15) is 14.0 Å². The smallest absolute Gasteiger partial charge is 0.331 e. The molecule has 0 radical (unpaired) electrons. The maximum Gasteiger partial charge on any atom is 0.331 e. The van der Waals surface area contributed by atoms with Gasteiger partial charge in [0, 0.05) is 11.1 Å². The van der Waals surface area contributed by atoms with Gasteiger partial charge in [-0.15, -0.1) is 0 Å². The molecule has 0 aliphatic rings. The van der Waals surface area contributed by atoms with E-state index in [0.717, 1.165) is 5.56 Å². The Balaban J connectivity index is 3.00. The maximum atomic E-state index is 13.0. The van der Waals surface area contributed by atoms with E-state index in [1.165, 1.54) is 26.0 Å². The lowest BCUT2D eigenvalue weighted by Crippen LogP contribution is -2.33. The van der Waals surface area contributed by atoms with Gasteiger partial charge in [-0.05, 0) is 37.5 Å². The number of rotatable bonds is 5. The molecule has 21 heavy (non-hydrogen) atoms. The molecule has 2 N–H and O–H groups in total. The molecule has 1 unspecified atom stereocenters. The first-order valence-electron chi connectivity index (χ1n) is 6.71. The molecule has 0 aliphatic carbocycles. The molecular weight excluding hydrogens is 273 g/mol. The normalized spacial score (nSPS) is 13.6. The van der Waals surface area contributed by atoms with E-state index in [2.05, 4.69) is 5.32 Å². The van der Waals surface area contributed by atoms with Crippen LogP contribution in [0.4, 0.5) is 4.39 Å². The molecule has 0 heterocycles. The zero-order valence-electron chi connectivity index (χ0n) is 12.6. The molecule has 0 fully saturated rings. The Labute approximate surface area is 123 Å². The quantitative estimate of drug-likeness (QED) is 0.820. The van der Waals surface area contributed by atoms with Gasteiger partial charge in [0.25, 0.3) is 0 Å². The molecule has 1 atom stereocenters. The summed E-state index contributed by atoms with van der Waals surface area (Å²) >= 11 is 0. The molecule has 0 spiro atoms. The van der Waals surface area contributed by atoms with Crippen molar-refractivity contribution in [3.63, 3.8) is 0 Å². The largest absolute Gasteiger partial charge is 0.478 e. The number of carbonyl (C=O) groups is 2. The Kier molecular flexibility index (Phi) is 5.64. The number of benzene rings is 1. The fourth-order valence-corrected chi connectivity index (χ4v) is 1.89. The van der Waals surface area contributed by atoms with E-state index in [1.54, 1.807) is 12.1 Å². The monoisotopic (exact) mass is 293 g/mol. The van der Waals surface area contributed by atoms with Gasteiger partial charge < -0.3 is 10.4 Å². The fourth-order valence-electron chi connectivity index (χ4n) is 1.89. The number of amides is 1. The average Bonchev–Trinajstić information content (AvgIpc) is 2.43. The minimum absolute atomic E-state index is 0.00844.